The SMILES string of the molecule is COc1ccc(N(C(=O)c2cc(OC)cc(OC)c2)[C@H]2C=CS(=O)(=O)C2)cc1. The number of sulfone groups is 1. The highest BCUT2D eigenvalue weighted by molar-refractivity contribution is 7.94. The van der Waals surface area contributed by atoms with Crippen LogP contribution in [0.2, 0.25) is 0 Å². The molecule has 1 heterocycles. The van der Waals surface area contributed by atoms with E-state index < -0.39 is 15.9 Å². The predicted molar refractivity (Wildman–Crippen MR) is 106 cm³/mol. The normalized spacial score (nSPS) is 17.2. The van der Waals surface area contributed by atoms with E-state index in [1.807, 2.05) is 0 Å². The number of rotatable bonds is 6. The molecule has 1 aliphatic heterocycles. The van der Waals surface area contributed by atoms with Gasteiger partial charge in [0, 0.05) is 22.7 Å². The second-order valence-corrected chi connectivity index (χ2v) is 8.13. The molecule has 7 nitrogen and oxygen atoms in total. The Morgan fingerprint density at radius 2 is 1.50 bits per heavy atom. The summed E-state index contributed by atoms with van der Waals surface area (Å²) < 4.78 is 39.6. The highest BCUT2D eigenvalue weighted by Gasteiger charge is 2.32. The molecule has 0 spiro atoms. The van der Waals surface area contributed by atoms with Gasteiger partial charge in [-0.25, -0.2) is 8.42 Å². The number of carbonyl (C=O) groups is 1. The minimum atomic E-state index is -3.35. The first-order chi connectivity index (χ1) is 13.4. The van der Waals surface area contributed by atoms with E-state index in [1.165, 1.54) is 25.2 Å². The molecule has 8 heteroatoms. The van der Waals surface area contributed by atoms with Gasteiger partial charge >= 0.3 is 0 Å². The average Bonchev–Trinajstić information content (AvgIpc) is 3.07. The molecule has 1 amide bonds. The maximum atomic E-state index is 13.4. The lowest BCUT2D eigenvalue weighted by Crippen LogP contribution is -2.41. The summed E-state index contributed by atoms with van der Waals surface area (Å²) in [7, 11) is 1.19. The number of carbonyl (C=O) groups excluding carboxylic acids is 1. The molecule has 0 N–H and O–H groups in total. The van der Waals surface area contributed by atoms with Gasteiger partial charge in [0.15, 0.2) is 9.84 Å². The van der Waals surface area contributed by atoms with Crippen molar-refractivity contribution in [2.24, 2.45) is 0 Å². The van der Waals surface area contributed by atoms with Crippen molar-refractivity contribution in [3.63, 3.8) is 0 Å². The van der Waals surface area contributed by atoms with E-state index in [-0.39, 0.29) is 11.7 Å². The van der Waals surface area contributed by atoms with E-state index in [0.717, 1.165) is 5.41 Å². The van der Waals surface area contributed by atoms with Crippen LogP contribution in [-0.4, -0.2) is 47.4 Å². The zero-order chi connectivity index (χ0) is 20.3. The van der Waals surface area contributed by atoms with Crippen molar-refractivity contribution in [3.05, 3.63) is 59.5 Å². The van der Waals surface area contributed by atoms with Crippen LogP contribution in [-0.2, 0) is 9.84 Å². The highest BCUT2D eigenvalue weighted by Crippen LogP contribution is 2.29. The lowest BCUT2D eigenvalue weighted by molar-refractivity contribution is 0.0982. The van der Waals surface area contributed by atoms with E-state index >= 15 is 0 Å². The third kappa shape index (κ3) is 4.12. The summed E-state index contributed by atoms with van der Waals surface area (Å²) in [5.41, 5.74) is 0.879. The lowest BCUT2D eigenvalue weighted by atomic mass is 10.1. The van der Waals surface area contributed by atoms with Crippen molar-refractivity contribution in [3.8, 4) is 17.2 Å². The second-order valence-electron chi connectivity index (χ2n) is 6.20. The summed E-state index contributed by atoms with van der Waals surface area (Å²) in [6.45, 7) is 0. The van der Waals surface area contributed by atoms with Gasteiger partial charge in [-0.05, 0) is 42.5 Å². The van der Waals surface area contributed by atoms with E-state index in [2.05, 4.69) is 0 Å². The fraction of sp³-hybridized carbons (Fsp3) is 0.250. The number of ether oxygens (including phenoxy) is 3. The number of anilines is 1. The van der Waals surface area contributed by atoms with Gasteiger partial charge in [-0.1, -0.05) is 0 Å². The third-order valence-electron chi connectivity index (χ3n) is 4.41. The first kappa shape index (κ1) is 19.8. The molecule has 0 saturated carbocycles. The van der Waals surface area contributed by atoms with Crippen LogP contribution < -0.4 is 19.1 Å². The van der Waals surface area contributed by atoms with Gasteiger partial charge in [0.05, 0.1) is 33.1 Å². The number of methoxy groups -OCH3 is 3. The van der Waals surface area contributed by atoms with Crippen molar-refractivity contribution < 1.29 is 27.4 Å². The minimum absolute atomic E-state index is 0.175. The van der Waals surface area contributed by atoms with E-state index in [1.54, 1.807) is 49.6 Å². The fourth-order valence-electron chi connectivity index (χ4n) is 2.99. The Labute approximate surface area is 164 Å². The molecule has 1 aliphatic rings. The van der Waals surface area contributed by atoms with Crippen molar-refractivity contribution >= 4 is 21.4 Å². The predicted octanol–water partition coefficient (Wildman–Crippen LogP) is 2.67. The highest BCUT2D eigenvalue weighted by atomic mass is 32.2. The van der Waals surface area contributed by atoms with E-state index in [0.29, 0.717) is 28.5 Å². The number of amides is 1. The van der Waals surface area contributed by atoms with Gasteiger partial charge in [0.25, 0.3) is 5.91 Å². The Bertz CT molecular complexity index is 976. The first-order valence-corrected chi connectivity index (χ1v) is 10.2. The molecule has 1 atom stereocenters. The first-order valence-electron chi connectivity index (χ1n) is 8.48. The number of hydrogen-bond acceptors (Lipinski definition) is 6. The lowest BCUT2D eigenvalue weighted by Gasteiger charge is -2.28. The zero-order valence-electron chi connectivity index (χ0n) is 15.8. The number of hydrogen-bond donors (Lipinski definition) is 0. The van der Waals surface area contributed by atoms with Gasteiger partial charge in [0.2, 0.25) is 0 Å². The Morgan fingerprint density at radius 3 is 1.96 bits per heavy atom. The van der Waals surface area contributed by atoms with Crippen LogP contribution in [0.5, 0.6) is 17.2 Å². The quantitative estimate of drug-likeness (QED) is 0.738. The smallest absolute Gasteiger partial charge is 0.259 e. The largest absolute Gasteiger partial charge is 0.497 e. The van der Waals surface area contributed by atoms with Crippen molar-refractivity contribution in [2.75, 3.05) is 32.0 Å². The van der Waals surface area contributed by atoms with E-state index in [4.69, 9.17) is 14.2 Å². The van der Waals surface area contributed by atoms with Crippen LogP contribution >= 0.6 is 0 Å². The van der Waals surface area contributed by atoms with Crippen molar-refractivity contribution in [1.29, 1.82) is 0 Å². The third-order valence-corrected chi connectivity index (χ3v) is 5.79. The van der Waals surface area contributed by atoms with Gasteiger partial charge in [-0.3, -0.25) is 4.79 Å². The second kappa shape index (κ2) is 7.93. The molecule has 3 rings (SSSR count). The van der Waals surface area contributed by atoms with E-state index in [9.17, 15) is 13.2 Å². The molecule has 28 heavy (non-hydrogen) atoms. The summed E-state index contributed by atoms with van der Waals surface area (Å²) in [6.07, 6.45) is 1.52. The fourth-order valence-corrected chi connectivity index (χ4v) is 4.26. The van der Waals surface area contributed by atoms with Crippen LogP contribution in [0, 0.1) is 0 Å². The van der Waals surface area contributed by atoms with Crippen molar-refractivity contribution in [1.82, 2.24) is 0 Å². The molecule has 2 aromatic rings. The van der Waals surface area contributed by atoms with Gasteiger partial charge in [-0.2, -0.15) is 0 Å². The molecule has 0 saturated heterocycles. The molecule has 0 aromatic heterocycles. The Kier molecular flexibility index (Phi) is 5.60. The van der Waals surface area contributed by atoms with Crippen LogP contribution in [0.1, 0.15) is 10.4 Å². The molecule has 0 aliphatic carbocycles. The van der Waals surface area contributed by atoms with Gasteiger partial charge in [-0.15, -0.1) is 0 Å². The van der Waals surface area contributed by atoms with Crippen molar-refractivity contribution in [2.45, 2.75) is 6.04 Å². The summed E-state index contributed by atoms with van der Waals surface area (Å²) >= 11 is 0. The molecule has 0 unspecified atom stereocenters. The molecule has 148 valence electrons. The summed E-state index contributed by atoms with van der Waals surface area (Å²) in [5, 5.41) is 1.15. The summed E-state index contributed by atoms with van der Waals surface area (Å²) in [4.78, 5) is 14.8. The molecular formula is C20H21NO6S. The van der Waals surface area contributed by atoms with Crippen LogP contribution in [0.3, 0.4) is 0 Å². The van der Waals surface area contributed by atoms with Crippen LogP contribution in [0.4, 0.5) is 5.69 Å². The van der Waals surface area contributed by atoms with Crippen LogP contribution in [0.25, 0.3) is 0 Å². The molecule has 0 radical (unpaired) electrons. The number of nitrogens with zero attached hydrogens (tertiary/aromatic N) is 1. The Balaban J connectivity index is 2.05. The standard InChI is InChI=1S/C20H21NO6S/c1-25-17-6-4-15(5-7-17)21(16-8-9-28(23,24)13-16)20(22)14-10-18(26-2)12-19(11-14)27-3/h4-12,16H,13H2,1-3H3/t16-/m0/s1. The maximum Gasteiger partial charge on any atom is 0.259 e. The minimum Gasteiger partial charge on any atom is -0.497 e. The molecule has 2 aromatic carbocycles. The van der Waals surface area contributed by atoms with Crippen LogP contribution in [0.15, 0.2) is 53.9 Å². The monoisotopic (exact) mass is 403 g/mol. The summed E-state index contributed by atoms with van der Waals surface area (Å²) in [6, 6.07) is 11.1. The molecular weight excluding hydrogens is 382 g/mol. The van der Waals surface area contributed by atoms with Gasteiger partial charge in [0.1, 0.15) is 17.2 Å². The molecule has 0 fully saturated rings. The topological polar surface area (TPSA) is 82.1 Å². The van der Waals surface area contributed by atoms with Gasteiger partial charge < -0.3 is 19.1 Å². The Morgan fingerprint density at radius 1 is 0.929 bits per heavy atom. The summed E-state index contributed by atoms with van der Waals surface area (Å²) in [5.74, 6) is 1.02. The maximum absolute atomic E-state index is 13.4. The molecule has 0 bridgehead atoms. The number of benzene rings is 2. The Hall–Kier alpha value is -3.00. The zero-order valence-corrected chi connectivity index (χ0v) is 16.6. The average molecular weight is 403 g/mol.